The first-order valence-electron chi connectivity index (χ1n) is 28.5. The van der Waals surface area contributed by atoms with E-state index in [1.165, 1.54) is 13.8 Å². The quantitative estimate of drug-likeness (QED) is 0.0425. The minimum absolute atomic E-state index is 0.0370. The first-order chi connectivity index (χ1) is 39.4. The zero-order valence-corrected chi connectivity index (χ0v) is 49.6. The molecule has 2 heterocycles. The number of hydrogen-bond donors (Lipinski definition) is 13. The lowest BCUT2D eigenvalue weighted by Gasteiger charge is -2.36. The lowest BCUT2D eigenvalue weighted by molar-refractivity contribution is -0.151. The number of primary amides is 3. The van der Waals surface area contributed by atoms with E-state index in [4.69, 9.17) is 17.2 Å². The average Bonchev–Trinajstić information content (AvgIpc) is 4.06. The molecule has 470 valence electrons. The molecule has 2 rings (SSSR count). The Morgan fingerprint density at radius 3 is 1.62 bits per heavy atom. The van der Waals surface area contributed by atoms with Crippen LogP contribution in [-0.2, 0) is 67.1 Å². The molecule has 0 bridgehead atoms. The molecule has 0 radical (unpaired) electrons. The number of aliphatic hydroxyl groups is 2. The average molecular weight is 1190 g/mol. The number of ketones is 1. The van der Waals surface area contributed by atoms with Crippen LogP contribution in [0.4, 0.5) is 0 Å². The van der Waals surface area contributed by atoms with E-state index in [9.17, 15) is 77.3 Å². The van der Waals surface area contributed by atoms with Gasteiger partial charge in [-0.2, -0.15) is 0 Å². The van der Waals surface area contributed by atoms with Crippen molar-refractivity contribution in [1.82, 2.24) is 52.3 Å². The Kier molecular flexibility index (Phi) is 30.4. The largest absolute Gasteiger partial charge is 0.391 e. The topological polar surface area (TPSA) is 460 Å². The Labute approximate surface area is 489 Å². The number of hydrogen-bond acceptors (Lipinski definition) is 16. The predicted molar refractivity (Wildman–Crippen MR) is 302 cm³/mol. The number of aliphatic hydroxyl groups excluding tert-OH is 2. The normalized spacial score (nSPS) is 26.3. The number of nitrogens with zero attached hydrogens (tertiary/aromatic N) is 2. The summed E-state index contributed by atoms with van der Waals surface area (Å²) in [5.74, 6) is -15.4. The number of likely N-dealkylation sites (N-methyl/N-ethyl adjacent to an activating group) is 1. The van der Waals surface area contributed by atoms with Gasteiger partial charge < -0.3 is 79.7 Å². The van der Waals surface area contributed by atoms with Gasteiger partial charge >= 0.3 is 0 Å². The second-order valence-corrected chi connectivity index (χ2v) is 21.7. The van der Waals surface area contributed by atoms with Crippen LogP contribution >= 0.6 is 0 Å². The first-order valence-corrected chi connectivity index (χ1v) is 28.5. The summed E-state index contributed by atoms with van der Waals surface area (Å²) in [6, 6.07) is -13.1. The maximum Gasteiger partial charge on any atom is 0.268 e. The SMILES string of the molecule is C/C=C1\NC(=O)[C@H](CC(N)=O)NC(=O)/C(=C\C)NC(=O)[C@H](C(C)C)NC(=O)[C@H](O)[C@@H]([C@@H](C)CCCCCCCCCC(=O)CC)NC(=O)[C@@H]2CCCN2C(=O)[C@H](CC(N)=O)N(C)C(=O)[C@H]([C@@H](C)O)NC(=O)[C@@H](C)NC(=O)[C@H](CC(N)=O)NC1=O. The van der Waals surface area contributed by atoms with E-state index in [-0.39, 0.29) is 25.2 Å². The van der Waals surface area contributed by atoms with Gasteiger partial charge in [-0.05, 0) is 65.2 Å². The van der Waals surface area contributed by atoms with Gasteiger partial charge in [0.15, 0.2) is 6.10 Å². The number of unbranched alkanes of at least 4 members (excludes halogenated alkanes) is 6. The molecule has 0 aromatic carbocycles. The minimum Gasteiger partial charge on any atom is -0.391 e. The summed E-state index contributed by atoms with van der Waals surface area (Å²) >= 11 is 0. The van der Waals surface area contributed by atoms with Crippen molar-refractivity contribution in [3.8, 4) is 0 Å². The van der Waals surface area contributed by atoms with Crippen molar-refractivity contribution in [3.63, 3.8) is 0 Å². The van der Waals surface area contributed by atoms with Gasteiger partial charge in [0.25, 0.3) is 17.7 Å². The number of rotatable bonds is 20. The maximum absolute atomic E-state index is 14.6. The molecule has 2 aliphatic heterocycles. The van der Waals surface area contributed by atoms with E-state index in [2.05, 4.69) is 42.5 Å². The van der Waals surface area contributed by atoms with Crippen LogP contribution in [0, 0.1) is 11.8 Å². The second-order valence-electron chi connectivity index (χ2n) is 21.7. The Morgan fingerprint density at radius 2 is 1.12 bits per heavy atom. The summed E-state index contributed by atoms with van der Waals surface area (Å²) in [4.78, 5) is 190. The van der Waals surface area contributed by atoms with Crippen molar-refractivity contribution in [2.45, 2.75) is 212 Å². The van der Waals surface area contributed by atoms with Gasteiger partial charge in [0, 0.05) is 26.4 Å². The van der Waals surface area contributed by atoms with E-state index in [1.807, 2.05) is 6.92 Å². The van der Waals surface area contributed by atoms with Crippen LogP contribution in [0.25, 0.3) is 0 Å². The van der Waals surface area contributed by atoms with Crippen molar-refractivity contribution in [3.05, 3.63) is 23.5 Å². The zero-order valence-electron chi connectivity index (χ0n) is 49.6. The second kappa shape index (κ2) is 35.3. The number of nitrogens with two attached hydrogens (primary N) is 3. The number of carbonyl (C=O) groups is 14. The van der Waals surface area contributed by atoms with Crippen LogP contribution < -0.4 is 59.7 Å². The summed E-state index contributed by atoms with van der Waals surface area (Å²) in [5.41, 5.74) is 15.3. The number of Topliss-reactive ketones (excluding diaryl/α,β-unsaturated/α-hetero) is 1. The third-order valence-electron chi connectivity index (χ3n) is 14.6. The predicted octanol–water partition coefficient (Wildman–Crippen LogP) is -3.06. The van der Waals surface area contributed by atoms with Gasteiger partial charge in [-0.25, -0.2) is 0 Å². The van der Waals surface area contributed by atoms with Crippen LogP contribution in [0.3, 0.4) is 0 Å². The van der Waals surface area contributed by atoms with Crippen LogP contribution in [-0.4, -0.2) is 177 Å². The van der Waals surface area contributed by atoms with Crippen LogP contribution in [0.2, 0.25) is 0 Å². The van der Waals surface area contributed by atoms with Gasteiger partial charge in [0.2, 0.25) is 59.1 Å². The number of amides is 13. The molecule has 13 amide bonds. The summed E-state index contributed by atoms with van der Waals surface area (Å²) in [5, 5.41) is 41.6. The van der Waals surface area contributed by atoms with Crippen molar-refractivity contribution in [2.24, 2.45) is 29.0 Å². The van der Waals surface area contributed by atoms with Gasteiger partial charge in [0.05, 0.1) is 31.4 Å². The number of nitrogens with one attached hydrogen (secondary N) is 8. The molecule has 0 aliphatic carbocycles. The Hall–Kier alpha value is -7.82. The highest BCUT2D eigenvalue weighted by Crippen LogP contribution is 2.24. The zero-order chi connectivity index (χ0) is 63.7. The van der Waals surface area contributed by atoms with Gasteiger partial charge in [-0.1, -0.05) is 78.4 Å². The molecule has 0 spiro atoms. The van der Waals surface area contributed by atoms with Crippen LogP contribution in [0.15, 0.2) is 23.5 Å². The number of allylic oxidation sites excluding steroid dienone is 2. The summed E-state index contributed by atoms with van der Waals surface area (Å²) < 4.78 is 0. The Balaban J connectivity index is 2.76. The molecule has 29 nitrogen and oxygen atoms in total. The summed E-state index contributed by atoms with van der Waals surface area (Å²) in [6.45, 7) is 11.4. The van der Waals surface area contributed by atoms with Crippen LogP contribution in [0.5, 0.6) is 0 Å². The number of fused-ring (bicyclic) bond motifs is 1. The fourth-order valence-corrected chi connectivity index (χ4v) is 9.50. The highest BCUT2D eigenvalue weighted by Gasteiger charge is 2.44. The van der Waals surface area contributed by atoms with E-state index in [0.717, 1.165) is 81.4 Å². The Morgan fingerprint density at radius 1 is 0.619 bits per heavy atom. The molecule has 0 unspecified atom stereocenters. The molecule has 29 heteroatoms. The van der Waals surface area contributed by atoms with Crippen LogP contribution in [0.1, 0.15) is 152 Å². The molecule has 11 atom stereocenters. The molecular weight excluding hydrogens is 1100 g/mol. The molecule has 2 aliphatic rings. The third-order valence-corrected chi connectivity index (χ3v) is 14.6. The molecule has 2 fully saturated rings. The summed E-state index contributed by atoms with van der Waals surface area (Å²) in [7, 11) is 1.09. The van der Waals surface area contributed by atoms with E-state index in [1.54, 1.807) is 20.8 Å². The lowest BCUT2D eigenvalue weighted by Crippen LogP contribution is -2.62. The van der Waals surface area contributed by atoms with E-state index in [0.29, 0.717) is 25.7 Å². The fraction of sp³-hybridized carbons (Fsp3) is 0.673. The lowest BCUT2D eigenvalue weighted by atomic mass is 9.90. The Bertz CT molecular complexity index is 2480. The highest BCUT2D eigenvalue weighted by atomic mass is 16.3. The van der Waals surface area contributed by atoms with Crippen molar-refractivity contribution < 1.29 is 77.3 Å². The molecule has 0 aromatic heterocycles. The van der Waals surface area contributed by atoms with Gasteiger partial charge in [-0.15, -0.1) is 0 Å². The molecule has 2 saturated heterocycles. The molecule has 0 saturated carbocycles. The standard InChI is InChI=1S/C55H89N13O16/c1-10-32(70)22-19-17-15-13-14-16-18-21-29(6)43-45(74)53(82)64-42(28(4)5)52(81)61-34(12-3)48(77)63-36(26-40(57)72)50(79)60-33(11-2)47(76)62-35(25-39(56)71)49(78)59-30(7)46(75)66-44(31(8)69)55(84)67(9)38(27-41(58)73)54(83)68-24-20-23-37(68)51(80)65-43/h11-12,28-31,35-38,42-45,69,74H,10,13-27H2,1-9H3,(H2,56,71)(H2,57,72)(H2,58,73)(H,59,78)(H,60,79)(H,61,81)(H,62,76)(H,63,77)(H,64,82)(H,65,80)(H,66,75)/b33-11-,34-12+/t29-,30+,31+,35-,36-,37-,38-,42-,43+,44-,45+/m0/s1. The molecular formula is C55H89N13O16. The van der Waals surface area contributed by atoms with Crippen molar-refractivity contribution in [2.75, 3.05) is 13.6 Å². The van der Waals surface area contributed by atoms with Crippen molar-refractivity contribution in [1.29, 1.82) is 0 Å². The van der Waals surface area contributed by atoms with Gasteiger partial charge in [-0.3, -0.25) is 67.1 Å². The van der Waals surface area contributed by atoms with Crippen molar-refractivity contribution >= 4 is 82.6 Å². The molecule has 0 aromatic rings. The first kappa shape index (κ1) is 72.3. The maximum atomic E-state index is 14.6. The smallest absolute Gasteiger partial charge is 0.268 e. The fourth-order valence-electron chi connectivity index (χ4n) is 9.50. The highest BCUT2D eigenvalue weighted by molar-refractivity contribution is 6.05. The number of carbonyl (C=O) groups excluding carboxylic acids is 14. The van der Waals surface area contributed by atoms with Gasteiger partial charge in [0.1, 0.15) is 59.5 Å². The molecule has 84 heavy (non-hydrogen) atoms. The summed E-state index contributed by atoms with van der Waals surface area (Å²) in [6.07, 6.45) is 3.22. The monoisotopic (exact) mass is 1190 g/mol. The van der Waals surface area contributed by atoms with E-state index >= 15 is 0 Å². The minimum atomic E-state index is -2.05. The molecule has 16 N–H and O–H groups in total. The van der Waals surface area contributed by atoms with E-state index < -0.39 is 180 Å². The third kappa shape index (κ3) is 22.7.